The standard InChI is InChI=1S/C19H17F3N4O2S2/c20-19(21,22)15-7-8-23-17(25-15)28-12-4-3-9-26(10-12)16(27)11-29-18-24-13-5-1-2-6-14(13)30-18/h1-2,5-8,12H,3-4,9-11H2. The maximum atomic E-state index is 12.8. The monoisotopic (exact) mass is 454 g/mol. The molecule has 1 aliphatic rings. The molecule has 2 aromatic heterocycles. The van der Waals surface area contributed by atoms with Crippen LogP contribution in [-0.4, -0.2) is 50.7 Å². The van der Waals surface area contributed by atoms with Gasteiger partial charge in [0.2, 0.25) is 5.91 Å². The Morgan fingerprint density at radius 3 is 2.90 bits per heavy atom. The Kier molecular flexibility index (Phi) is 6.09. The summed E-state index contributed by atoms with van der Waals surface area (Å²) in [6, 6.07) is 8.25. The highest BCUT2D eigenvalue weighted by Crippen LogP contribution is 2.30. The van der Waals surface area contributed by atoms with Gasteiger partial charge in [-0.3, -0.25) is 4.79 Å². The molecule has 30 heavy (non-hydrogen) atoms. The van der Waals surface area contributed by atoms with Crippen molar-refractivity contribution in [2.24, 2.45) is 0 Å². The van der Waals surface area contributed by atoms with Crippen LogP contribution in [0, 0.1) is 0 Å². The molecule has 1 unspecified atom stereocenters. The molecule has 0 N–H and O–H groups in total. The van der Waals surface area contributed by atoms with Gasteiger partial charge in [0.05, 0.1) is 22.5 Å². The first-order valence-corrected chi connectivity index (χ1v) is 11.0. The number of rotatable bonds is 5. The van der Waals surface area contributed by atoms with E-state index < -0.39 is 18.0 Å². The number of benzene rings is 1. The Balaban J connectivity index is 1.33. The van der Waals surface area contributed by atoms with Crippen molar-refractivity contribution in [1.29, 1.82) is 0 Å². The van der Waals surface area contributed by atoms with Gasteiger partial charge in [-0.1, -0.05) is 23.9 Å². The summed E-state index contributed by atoms with van der Waals surface area (Å²) in [7, 11) is 0. The van der Waals surface area contributed by atoms with Crippen LogP contribution in [0.3, 0.4) is 0 Å². The number of alkyl halides is 3. The first-order valence-electron chi connectivity index (χ1n) is 9.21. The van der Waals surface area contributed by atoms with Crippen molar-refractivity contribution < 1.29 is 22.7 Å². The number of thiazole rings is 1. The molecule has 158 valence electrons. The number of ether oxygens (including phenoxy) is 1. The van der Waals surface area contributed by atoms with Crippen molar-refractivity contribution in [3.05, 3.63) is 42.2 Å². The van der Waals surface area contributed by atoms with Crippen molar-refractivity contribution in [2.75, 3.05) is 18.8 Å². The Bertz CT molecular complexity index is 1010. The number of piperidine rings is 1. The Morgan fingerprint density at radius 1 is 1.27 bits per heavy atom. The van der Waals surface area contributed by atoms with Crippen LogP contribution >= 0.6 is 23.1 Å². The molecule has 0 spiro atoms. The van der Waals surface area contributed by atoms with Gasteiger partial charge in [0.15, 0.2) is 10.0 Å². The molecule has 11 heteroatoms. The topological polar surface area (TPSA) is 68.2 Å². The summed E-state index contributed by atoms with van der Waals surface area (Å²) in [5.74, 6) is 0.185. The summed E-state index contributed by atoms with van der Waals surface area (Å²) in [6.45, 7) is 0.876. The molecule has 0 bridgehead atoms. The molecule has 3 heterocycles. The summed E-state index contributed by atoms with van der Waals surface area (Å²) in [4.78, 5) is 26.0. The van der Waals surface area contributed by atoms with E-state index in [1.54, 1.807) is 4.90 Å². The summed E-state index contributed by atoms with van der Waals surface area (Å²) < 4.78 is 45.8. The van der Waals surface area contributed by atoms with Gasteiger partial charge >= 0.3 is 12.2 Å². The zero-order chi connectivity index (χ0) is 21.1. The number of likely N-dealkylation sites (tertiary alicyclic amines) is 1. The number of hydrogen-bond acceptors (Lipinski definition) is 7. The fourth-order valence-corrected chi connectivity index (χ4v) is 5.06. The zero-order valence-corrected chi connectivity index (χ0v) is 17.3. The molecule has 1 amide bonds. The highest BCUT2D eigenvalue weighted by Gasteiger charge is 2.33. The molecule has 1 fully saturated rings. The number of halogens is 3. The molecule has 6 nitrogen and oxygen atoms in total. The average Bonchev–Trinajstić information content (AvgIpc) is 3.15. The van der Waals surface area contributed by atoms with Crippen LogP contribution in [0.5, 0.6) is 6.01 Å². The second-order valence-corrected chi connectivity index (χ2v) is 8.93. The summed E-state index contributed by atoms with van der Waals surface area (Å²) >= 11 is 2.92. The Hall–Kier alpha value is -2.40. The second kappa shape index (κ2) is 8.76. The summed E-state index contributed by atoms with van der Waals surface area (Å²) in [5.41, 5.74) is -0.145. The lowest BCUT2D eigenvalue weighted by atomic mass is 10.1. The number of thioether (sulfide) groups is 1. The smallest absolute Gasteiger partial charge is 0.433 e. The lowest BCUT2D eigenvalue weighted by Gasteiger charge is -2.32. The van der Waals surface area contributed by atoms with Crippen LogP contribution in [0.4, 0.5) is 13.2 Å². The van der Waals surface area contributed by atoms with Gasteiger partial charge in [0, 0.05) is 12.7 Å². The van der Waals surface area contributed by atoms with Gasteiger partial charge in [-0.25, -0.2) is 9.97 Å². The lowest BCUT2D eigenvalue weighted by Crippen LogP contribution is -2.45. The van der Waals surface area contributed by atoms with Gasteiger partial charge < -0.3 is 9.64 Å². The number of nitrogens with zero attached hydrogens (tertiary/aromatic N) is 4. The van der Waals surface area contributed by atoms with Crippen LogP contribution < -0.4 is 4.74 Å². The predicted molar refractivity (Wildman–Crippen MR) is 108 cm³/mol. The van der Waals surface area contributed by atoms with Crippen LogP contribution in [-0.2, 0) is 11.0 Å². The third-order valence-corrected chi connectivity index (χ3v) is 6.68. The quantitative estimate of drug-likeness (QED) is 0.537. The van der Waals surface area contributed by atoms with Gasteiger partial charge in [-0.05, 0) is 31.0 Å². The minimum atomic E-state index is -4.56. The number of hydrogen-bond donors (Lipinski definition) is 0. The van der Waals surface area contributed by atoms with Crippen LogP contribution in [0.1, 0.15) is 18.5 Å². The summed E-state index contributed by atoms with van der Waals surface area (Å²) in [5, 5.41) is 0. The van der Waals surface area contributed by atoms with Crippen LogP contribution in [0.2, 0.25) is 0 Å². The van der Waals surface area contributed by atoms with E-state index in [-0.39, 0.29) is 17.7 Å². The predicted octanol–water partition coefficient (Wildman–Crippen LogP) is 4.27. The third-order valence-electron chi connectivity index (χ3n) is 4.52. The minimum Gasteiger partial charge on any atom is -0.458 e. The highest BCUT2D eigenvalue weighted by atomic mass is 32.2. The van der Waals surface area contributed by atoms with Crippen LogP contribution in [0.25, 0.3) is 10.2 Å². The van der Waals surface area contributed by atoms with E-state index in [0.29, 0.717) is 25.9 Å². The number of amides is 1. The Labute approximate surface area is 178 Å². The van der Waals surface area contributed by atoms with Crippen molar-refractivity contribution in [1.82, 2.24) is 19.9 Å². The maximum absolute atomic E-state index is 12.8. The van der Waals surface area contributed by atoms with Gasteiger partial charge in [-0.15, -0.1) is 11.3 Å². The number of fused-ring (bicyclic) bond motifs is 1. The highest BCUT2D eigenvalue weighted by molar-refractivity contribution is 8.01. The molecule has 1 aliphatic heterocycles. The molecule has 0 aliphatic carbocycles. The molecular formula is C19H17F3N4O2S2. The van der Waals surface area contributed by atoms with Crippen molar-refractivity contribution >= 4 is 39.2 Å². The second-order valence-electron chi connectivity index (χ2n) is 6.68. The first kappa shape index (κ1) is 20.9. The van der Waals surface area contributed by atoms with Crippen molar-refractivity contribution in [3.63, 3.8) is 0 Å². The molecule has 3 aromatic rings. The number of carbonyl (C=O) groups is 1. The van der Waals surface area contributed by atoms with E-state index in [1.807, 2.05) is 24.3 Å². The summed E-state index contributed by atoms with van der Waals surface area (Å²) in [6.07, 6.45) is -2.67. The minimum absolute atomic E-state index is 0.0579. The van der Waals surface area contributed by atoms with Gasteiger partial charge in [0.1, 0.15) is 6.10 Å². The van der Waals surface area contributed by atoms with E-state index >= 15 is 0 Å². The molecule has 1 atom stereocenters. The molecule has 1 saturated heterocycles. The molecule has 1 aromatic carbocycles. The lowest BCUT2D eigenvalue weighted by molar-refractivity contribution is -0.141. The Morgan fingerprint density at radius 2 is 2.10 bits per heavy atom. The van der Waals surface area contributed by atoms with Gasteiger partial charge in [0.25, 0.3) is 0 Å². The van der Waals surface area contributed by atoms with Crippen LogP contribution in [0.15, 0.2) is 40.9 Å². The molecular weight excluding hydrogens is 437 g/mol. The molecule has 4 rings (SSSR count). The first-order chi connectivity index (χ1) is 14.4. The van der Waals surface area contributed by atoms with E-state index in [2.05, 4.69) is 15.0 Å². The fraction of sp³-hybridized carbons (Fsp3) is 0.368. The number of aromatic nitrogens is 3. The van der Waals surface area contributed by atoms with E-state index in [9.17, 15) is 18.0 Å². The molecule has 0 radical (unpaired) electrons. The largest absolute Gasteiger partial charge is 0.458 e. The van der Waals surface area contributed by atoms with E-state index in [1.165, 1.54) is 23.1 Å². The van der Waals surface area contributed by atoms with E-state index in [4.69, 9.17) is 4.74 Å². The number of carbonyl (C=O) groups excluding carboxylic acids is 1. The fourth-order valence-electron chi connectivity index (χ4n) is 3.09. The normalized spacial score (nSPS) is 17.3. The number of para-hydroxylation sites is 1. The van der Waals surface area contributed by atoms with Crippen molar-refractivity contribution in [2.45, 2.75) is 29.5 Å². The van der Waals surface area contributed by atoms with Gasteiger partial charge in [-0.2, -0.15) is 18.2 Å². The third kappa shape index (κ3) is 5.01. The SMILES string of the molecule is O=C(CSc1nc2ccccc2s1)N1CCCC(Oc2nccc(C(F)(F)F)n2)C1. The average molecular weight is 454 g/mol. The molecule has 0 saturated carbocycles. The van der Waals surface area contributed by atoms with Crippen molar-refractivity contribution in [3.8, 4) is 6.01 Å². The van der Waals surface area contributed by atoms with E-state index in [0.717, 1.165) is 26.8 Å². The maximum Gasteiger partial charge on any atom is 0.433 e. The zero-order valence-electron chi connectivity index (χ0n) is 15.6.